The van der Waals surface area contributed by atoms with Gasteiger partial charge in [-0.3, -0.25) is 0 Å². The maximum absolute atomic E-state index is 8.39. The number of hydrogen-bond acceptors (Lipinski definition) is 5. The van der Waals surface area contributed by atoms with E-state index < -0.39 is 0 Å². The zero-order valence-corrected chi connectivity index (χ0v) is 6.05. The third-order valence-electron chi connectivity index (χ3n) is 1.38. The van der Waals surface area contributed by atoms with Crippen molar-refractivity contribution < 1.29 is 0 Å². The minimum absolute atomic E-state index is 0.274. The lowest BCUT2D eigenvalue weighted by Crippen LogP contribution is -1.98. The molecule has 0 unspecified atom stereocenters. The molecule has 2 heterocycles. The Morgan fingerprint density at radius 3 is 3.25 bits per heavy atom. The molecule has 0 aliphatic heterocycles. The molecule has 2 rings (SSSR count). The lowest BCUT2D eigenvalue weighted by atomic mass is 10.3. The number of hydrogen-bond donors (Lipinski definition) is 0. The van der Waals surface area contributed by atoms with Crippen LogP contribution >= 0.6 is 0 Å². The van der Waals surface area contributed by atoms with Crippen LogP contribution in [-0.2, 0) is 6.42 Å². The molecule has 0 atom stereocenters. The van der Waals surface area contributed by atoms with Crippen LogP contribution in [0.4, 0.5) is 0 Å². The van der Waals surface area contributed by atoms with Crippen molar-refractivity contribution in [2.75, 3.05) is 0 Å². The van der Waals surface area contributed by atoms with Crippen LogP contribution in [-0.4, -0.2) is 25.3 Å². The molecule has 0 aliphatic rings. The van der Waals surface area contributed by atoms with Gasteiger partial charge in [-0.15, -0.1) is 9.73 Å². The van der Waals surface area contributed by atoms with Crippen LogP contribution in [0, 0.1) is 11.3 Å². The summed E-state index contributed by atoms with van der Waals surface area (Å²) in [6.45, 7) is 0. The van der Waals surface area contributed by atoms with Gasteiger partial charge in [0.2, 0.25) is 0 Å². The third kappa shape index (κ3) is 0.971. The topological polar surface area (TPSA) is 79.8 Å². The molecule has 0 aromatic carbocycles. The van der Waals surface area contributed by atoms with E-state index in [4.69, 9.17) is 5.26 Å². The molecule has 12 heavy (non-hydrogen) atoms. The Hall–Kier alpha value is -2.03. The van der Waals surface area contributed by atoms with Gasteiger partial charge in [-0.2, -0.15) is 10.4 Å². The lowest BCUT2D eigenvalue weighted by Gasteiger charge is -1.91. The highest BCUT2D eigenvalue weighted by atomic mass is 15.6. The quantitative estimate of drug-likeness (QED) is 0.566. The van der Waals surface area contributed by atoms with E-state index in [1.807, 2.05) is 6.07 Å². The van der Waals surface area contributed by atoms with Crippen molar-refractivity contribution in [2.45, 2.75) is 6.42 Å². The van der Waals surface area contributed by atoms with Crippen molar-refractivity contribution in [3.05, 3.63) is 17.8 Å². The lowest BCUT2D eigenvalue weighted by molar-refractivity contribution is 0.717. The van der Waals surface area contributed by atoms with Crippen molar-refractivity contribution in [3.63, 3.8) is 0 Å². The molecular formula is C6H4N6. The van der Waals surface area contributed by atoms with Crippen LogP contribution in [0.5, 0.6) is 0 Å². The summed E-state index contributed by atoms with van der Waals surface area (Å²) in [4.78, 5) is 0. The normalized spacial score (nSPS) is 9.92. The largest absolute Gasteiger partial charge is 0.199 e. The van der Waals surface area contributed by atoms with Crippen molar-refractivity contribution in [2.24, 2.45) is 0 Å². The molecule has 6 nitrogen and oxygen atoms in total. The third-order valence-corrected chi connectivity index (χ3v) is 1.38. The highest BCUT2D eigenvalue weighted by Crippen LogP contribution is 1.97. The van der Waals surface area contributed by atoms with Crippen LogP contribution in [0.1, 0.15) is 5.69 Å². The minimum Gasteiger partial charge on any atom is -0.198 e. The van der Waals surface area contributed by atoms with Crippen molar-refractivity contribution in [1.82, 2.24) is 25.3 Å². The number of aromatic nitrogens is 5. The molecule has 2 aromatic heterocycles. The number of rotatable bonds is 1. The van der Waals surface area contributed by atoms with Gasteiger partial charge >= 0.3 is 0 Å². The van der Waals surface area contributed by atoms with Gasteiger partial charge in [0.05, 0.1) is 18.2 Å². The summed E-state index contributed by atoms with van der Waals surface area (Å²) in [6.07, 6.45) is 0.274. The van der Waals surface area contributed by atoms with E-state index in [1.165, 1.54) is 4.63 Å². The van der Waals surface area contributed by atoms with Gasteiger partial charge in [-0.25, -0.2) is 0 Å². The van der Waals surface area contributed by atoms with Gasteiger partial charge in [0.25, 0.3) is 0 Å². The van der Waals surface area contributed by atoms with E-state index in [0.29, 0.717) is 11.3 Å². The maximum Gasteiger partial charge on any atom is 0.199 e. The Kier molecular flexibility index (Phi) is 1.41. The summed E-state index contributed by atoms with van der Waals surface area (Å²) < 4.78 is 1.30. The second-order valence-corrected chi connectivity index (χ2v) is 2.19. The molecule has 0 amide bonds. The average Bonchev–Trinajstić information content (AvgIpc) is 2.51. The molecule has 0 saturated heterocycles. The summed E-state index contributed by atoms with van der Waals surface area (Å²) in [5, 5.41) is 23.1. The number of nitrogens with zero attached hydrogens (tertiary/aromatic N) is 6. The first kappa shape index (κ1) is 6.67. The smallest absolute Gasteiger partial charge is 0.198 e. The Bertz CT molecular complexity index is 438. The Morgan fingerprint density at radius 1 is 1.50 bits per heavy atom. The molecule has 2 aromatic rings. The molecule has 0 saturated carbocycles. The molecule has 0 radical (unpaired) electrons. The number of tetrazole rings is 1. The predicted molar refractivity (Wildman–Crippen MR) is 37.9 cm³/mol. The molecule has 0 N–H and O–H groups in total. The monoisotopic (exact) mass is 160 g/mol. The number of fused-ring (bicyclic) bond motifs is 1. The van der Waals surface area contributed by atoms with Crippen LogP contribution in [0.2, 0.25) is 0 Å². The second-order valence-electron chi connectivity index (χ2n) is 2.19. The fraction of sp³-hybridized carbons (Fsp3) is 0.167. The van der Waals surface area contributed by atoms with E-state index in [0.717, 1.165) is 0 Å². The SMILES string of the molecule is N#CCc1ccc2nnnn2n1. The second kappa shape index (κ2) is 2.54. The standard InChI is InChI=1S/C6H4N6/c7-4-3-5-1-2-6-8-10-11-12(6)9-5/h1-2H,3H2. The highest BCUT2D eigenvalue weighted by Gasteiger charge is 1.98. The zero-order valence-electron chi connectivity index (χ0n) is 6.05. The Morgan fingerprint density at radius 2 is 2.42 bits per heavy atom. The molecular weight excluding hydrogens is 156 g/mol. The first-order chi connectivity index (χ1) is 5.90. The number of nitriles is 1. The molecule has 6 heteroatoms. The van der Waals surface area contributed by atoms with E-state index in [9.17, 15) is 0 Å². The summed E-state index contributed by atoms with van der Waals surface area (Å²) in [6, 6.07) is 5.45. The van der Waals surface area contributed by atoms with Gasteiger partial charge in [0, 0.05) is 0 Å². The zero-order chi connectivity index (χ0) is 8.39. The highest BCUT2D eigenvalue weighted by molar-refractivity contribution is 5.33. The van der Waals surface area contributed by atoms with Crippen LogP contribution in [0.15, 0.2) is 12.1 Å². The van der Waals surface area contributed by atoms with Gasteiger partial charge in [0.1, 0.15) is 0 Å². The van der Waals surface area contributed by atoms with Crippen molar-refractivity contribution >= 4 is 5.65 Å². The molecule has 0 aliphatic carbocycles. The average molecular weight is 160 g/mol. The fourth-order valence-corrected chi connectivity index (χ4v) is 0.862. The first-order valence-electron chi connectivity index (χ1n) is 3.31. The van der Waals surface area contributed by atoms with Gasteiger partial charge < -0.3 is 0 Å². The minimum atomic E-state index is 0.274. The summed E-state index contributed by atoms with van der Waals surface area (Å²) in [5.41, 5.74) is 1.24. The van der Waals surface area contributed by atoms with Crippen LogP contribution in [0.25, 0.3) is 5.65 Å². The van der Waals surface area contributed by atoms with Crippen molar-refractivity contribution in [1.29, 1.82) is 5.26 Å². The van der Waals surface area contributed by atoms with Gasteiger partial charge in [-0.05, 0) is 22.6 Å². The summed E-state index contributed by atoms with van der Waals surface area (Å²) in [7, 11) is 0. The molecule has 0 fully saturated rings. The Balaban J connectivity index is 2.54. The molecule has 0 bridgehead atoms. The van der Waals surface area contributed by atoms with E-state index in [1.54, 1.807) is 12.1 Å². The summed E-state index contributed by atoms with van der Waals surface area (Å²) in [5.74, 6) is 0. The first-order valence-corrected chi connectivity index (χ1v) is 3.31. The van der Waals surface area contributed by atoms with Gasteiger partial charge in [0.15, 0.2) is 5.65 Å². The Labute approximate surface area is 67.4 Å². The fourth-order valence-electron chi connectivity index (χ4n) is 0.862. The van der Waals surface area contributed by atoms with E-state index >= 15 is 0 Å². The maximum atomic E-state index is 8.39. The van der Waals surface area contributed by atoms with E-state index in [-0.39, 0.29) is 6.42 Å². The van der Waals surface area contributed by atoms with Crippen LogP contribution < -0.4 is 0 Å². The predicted octanol–water partition coefficient (Wildman–Crippen LogP) is -0.415. The summed E-state index contributed by atoms with van der Waals surface area (Å²) >= 11 is 0. The van der Waals surface area contributed by atoms with Crippen molar-refractivity contribution in [3.8, 4) is 6.07 Å². The van der Waals surface area contributed by atoms with Gasteiger partial charge in [-0.1, -0.05) is 0 Å². The van der Waals surface area contributed by atoms with E-state index in [2.05, 4.69) is 20.6 Å². The van der Waals surface area contributed by atoms with Crippen LogP contribution in [0.3, 0.4) is 0 Å². The molecule has 0 spiro atoms. The molecule has 58 valence electrons.